The van der Waals surface area contributed by atoms with Crippen LogP contribution in [0, 0.1) is 6.92 Å². The lowest BCUT2D eigenvalue weighted by atomic mass is 9.95. The lowest BCUT2D eigenvalue weighted by Gasteiger charge is -2.19. The molecule has 4 heteroatoms. The highest BCUT2D eigenvalue weighted by atomic mass is 79.9. The third-order valence-corrected chi connectivity index (χ3v) is 6.37. The molecule has 0 saturated heterocycles. The summed E-state index contributed by atoms with van der Waals surface area (Å²) in [6.07, 6.45) is 2.62. The Morgan fingerprint density at radius 2 is 2.00 bits per heavy atom. The van der Waals surface area contributed by atoms with E-state index in [0.29, 0.717) is 11.3 Å². The van der Waals surface area contributed by atoms with Crippen LogP contribution < -0.4 is 0 Å². The number of hydrogen-bond acceptors (Lipinski definition) is 2. The Morgan fingerprint density at radius 3 is 2.62 bits per heavy atom. The van der Waals surface area contributed by atoms with Gasteiger partial charge < -0.3 is 0 Å². The van der Waals surface area contributed by atoms with E-state index in [9.17, 15) is 4.79 Å². The van der Waals surface area contributed by atoms with Gasteiger partial charge in [-0.3, -0.25) is 9.78 Å². The van der Waals surface area contributed by atoms with Crippen LogP contribution in [0.2, 0.25) is 0 Å². The highest BCUT2D eigenvalue weighted by Crippen LogP contribution is 2.36. The van der Waals surface area contributed by atoms with Crippen LogP contribution in [0.5, 0.6) is 0 Å². The summed E-state index contributed by atoms with van der Waals surface area (Å²) >= 11 is 7.39. The van der Waals surface area contributed by atoms with Gasteiger partial charge in [0.1, 0.15) is 5.69 Å². The first-order valence-electron chi connectivity index (χ1n) is 6.89. The molecule has 2 nitrogen and oxygen atoms in total. The summed E-state index contributed by atoms with van der Waals surface area (Å²) in [4.78, 5) is 17.2. The Balaban J connectivity index is 2.47. The molecule has 2 atom stereocenters. The Morgan fingerprint density at radius 1 is 1.24 bits per heavy atom. The van der Waals surface area contributed by atoms with Crippen molar-refractivity contribution in [2.45, 2.75) is 29.9 Å². The number of carbonyl (C=O) groups excluding carboxylic acids is 1. The second-order valence-corrected chi connectivity index (χ2v) is 7.12. The van der Waals surface area contributed by atoms with Crippen LogP contribution in [-0.2, 0) is 0 Å². The van der Waals surface area contributed by atoms with Gasteiger partial charge in [0.2, 0.25) is 5.78 Å². The zero-order chi connectivity index (χ0) is 15.4. The van der Waals surface area contributed by atoms with E-state index in [1.54, 1.807) is 12.3 Å². The van der Waals surface area contributed by atoms with Gasteiger partial charge in [0.15, 0.2) is 0 Å². The smallest absolute Gasteiger partial charge is 0.211 e. The molecule has 0 amide bonds. The van der Waals surface area contributed by atoms with E-state index in [0.717, 1.165) is 17.5 Å². The highest BCUT2D eigenvalue weighted by Gasteiger charge is 2.23. The van der Waals surface area contributed by atoms with E-state index in [1.807, 2.05) is 31.2 Å². The summed E-state index contributed by atoms with van der Waals surface area (Å²) < 4.78 is 0. The third-order valence-electron chi connectivity index (χ3n) is 3.35. The molecule has 2 unspecified atom stereocenters. The number of halogens is 2. The van der Waals surface area contributed by atoms with E-state index >= 15 is 0 Å². The third kappa shape index (κ3) is 3.80. The van der Waals surface area contributed by atoms with Gasteiger partial charge in [-0.1, -0.05) is 68.6 Å². The summed E-state index contributed by atoms with van der Waals surface area (Å²) in [5.74, 6) is -0.0362. The molecule has 0 aliphatic heterocycles. The first kappa shape index (κ1) is 16.4. The fourth-order valence-corrected chi connectivity index (χ4v) is 3.19. The van der Waals surface area contributed by atoms with Crippen LogP contribution in [0.25, 0.3) is 0 Å². The zero-order valence-corrected chi connectivity index (χ0v) is 15.2. The molecule has 1 heterocycles. The molecule has 0 radical (unpaired) electrons. The minimum atomic E-state index is -0.0362. The molecule has 110 valence electrons. The molecule has 2 rings (SSSR count). The van der Waals surface area contributed by atoms with Crippen molar-refractivity contribution in [3.05, 3.63) is 65.0 Å². The Bertz CT molecular complexity index is 628. The Kier molecular flexibility index (Phi) is 5.71. The van der Waals surface area contributed by atoms with Crippen LogP contribution in [0.4, 0.5) is 0 Å². The summed E-state index contributed by atoms with van der Waals surface area (Å²) in [6, 6.07) is 11.3. The number of alkyl halides is 2. The largest absolute Gasteiger partial charge is 0.287 e. The average molecular weight is 411 g/mol. The van der Waals surface area contributed by atoms with Crippen LogP contribution in [-0.4, -0.2) is 15.6 Å². The second-order valence-electron chi connectivity index (χ2n) is 4.96. The number of hydrogen-bond donors (Lipinski definition) is 0. The number of benzene rings is 1. The monoisotopic (exact) mass is 409 g/mol. The van der Waals surface area contributed by atoms with Crippen molar-refractivity contribution in [3.8, 4) is 0 Å². The summed E-state index contributed by atoms with van der Waals surface area (Å²) in [6.45, 7) is 4.15. The van der Waals surface area contributed by atoms with Crippen molar-refractivity contribution in [2.24, 2.45) is 0 Å². The van der Waals surface area contributed by atoms with E-state index in [1.165, 1.54) is 0 Å². The molecule has 0 fully saturated rings. The van der Waals surface area contributed by atoms with Crippen LogP contribution in [0.15, 0.2) is 42.6 Å². The van der Waals surface area contributed by atoms with Crippen molar-refractivity contribution in [2.75, 3.05) is 0 Å². The maximum absolute atomic E-state index is 12.7. The molecular formula is C17H17Br2NO. The fourth-order valence-electron chi connectivity index (χ4n) is 2.15. The predicted octanol–water partition coefficient (Wildman–Crippen LogP) is 5.23. The average Bonchev–Trinajstić information content (AvgIpc) is 2.53. The number of aryl methyl sites for hydroxylation is 1. The molecule has 0 N–H and O–H groups in total. The number of pyridine rings is 1. The molecule has 0 bridgehead atoms. The van der Waals surface area contributed by atoms with Gasteiger partial charge in [0, 0.05) is 16.6 Å². The predicted molar refractivity (Wildman–Crippen MR) is 93.5 cm³/mol. The van der Waals surface area contributed by atoms with E-state index in [4.69, 9.17) is 0 Å². The Labute approximate surface area is 142 Å². The van der Waals surface area contributed by atoms with Crippen molar-refractivity contribution < 1.29 is 4.79 Å². The minimum Gasteiger partial charge on any atom is -0.287 e. The van der Waals surface area contributed by atoms with Gasteiger partial charge in [-0.25, -0.2) is 0 Å². The minimum absolute atomic E-state index is 0.0362. The van der Waals surface area contributed by atoms with Crippen molar-refractivity contribution in [1.29, 1.82) is 0 Å². The summed E-state index contributed by atoms with van der Waals surface area (Å²) in [5.41, 5.74) is 3.33. The number of ketones is 1. The van der Waals surface area contributed by atoms with E-state index in [-0.39, 0.29) is 15.4 Å². The first-order chi connectivity index (χ1) is 10.0. The van der Waals surface area contributed by atoms with Gasteiger partial charge in [-0.2, -0.15) is 0 Å². The van der Waals surface area contributed by atoms with Crippen molar-refractivity contribution >= 4 is 37.6 Å². The molecule has 0 aliphatic carbocycles. The van der Waals surface area contributed by atoms with Crippen molar-refractivity contribution in [3.63, 3.8) is 0 Å². The maximum Gasteiger partial charge on any atom is 0.211 e. The van der Waals surface area contributed by atoms with Gasteiger partial charge in [-0.15, -0.1) is 0 Å². The second kappa shape index (κ2) is 7.32. The summed E-state index contributed by atoms with van der Waals surface area (Å²) in [5, 5.41) is 0. The quantitative estimate of drug-likeness (QED) is 0.498. The fraction of sp³-hybridized carbons (Fsp3) is 0.294. The van der Waals surface area contributed by atoms with Crippen LogP contribution >= 0.6 is 31.9 Å². The number of aromatic nitrogens is 1. The molecule has 0 saturated carbocycles. The number of rotatable bonds is 5. The van der Waals surface area contributed by atoms with Crippen LogP contribution in [0.3, 0.4) is 0 Å². The van der Waals surface area contributed by atoms with Gasteiger partial charge in [0.05, 0.1) is 4.83 Å². The van der Waals surface area contributed by atoms with Gasteiger partial charge in [0.25, 0.3) is 0 Å². The Hall–Kier alpha value is -1.00. The molecular weight excluding hydrogens is 394 g/mol. The van der Waals surface area contributed by atoms with Crippen LogP contribution in [0.1, 0.15) is 45.4 Å². The topological polar surface area (TPSA) is 30.0 Å². The van der Waals surface area contributed by atoms with E-state index in [2.05, 4.69) is 49.8 Å². The number of nitrogens with zero attached hydrogens (tertiary/aromatic N) is 1. The molecule has 0 aliphatic rings. The van der Waals surface area contributed by atoms with Gasteiger partial charge >= 0.3 is 0 Å². The molecule has 1 aromatic heterocycles. The number of carbonyl (C=O) groups is 1. The normalized spacial score (nSPS) is 13.7. The lowest BCUT2D eigenvalue weighted by Crippen LogP contribution is -2.13. The molecule has 1 aromatic carbocycles. The molecule has 0 spiro atoms. The molecule has 2 aromatic rings. The van der Waals surface area contributed by atoms with Gasteiger partial charge in [-0.05, 0) is 31.0 Å². The maximum atomic E-state index is 12.7. The first-order valence-corrected chi connectivity index (χ1v) is 8.72. The standard InChI is InChI=1S/C17H17Br2NO/c1-3-14(18)16(19)13-10-11(2)7-8-12(13)17(21)15-6-4-5-9-20-15/h4-10,14,16H,3H2,1-2H3. The molecule has 21 heavy (non-hydrogen) atoms. The SMILES string of the molecule is CCC(Br)C(Br)c1cc(C)ccc1C(=O)c1ccccn1. The highest BCUT2D eigenvalue weighted by molar-refractivity contribution is 9.12. The van der Waals surface area contributed by atoms with Crippen molar-refractivity contribution in [1.82, 2.24) is 4.98 Å². The summed E-state index contributed by atoms with van der Waals surface area (Å²) in [7, 11) is 0. The van der Waals surface area contributed by atoms with E-state index < -0.39 is 0 Å². The lowest BCUT2D eigenvalue weighted by molar-refractivity contribution is 0.103. The zero-order valence-electron chi connectivity index (χ0n) is 12.0.